The summed E-state index contributed by atoms with van der Waals surface area (Å²) in [5.41, 5.74) is -1.03. The van der Waals surface area contributed by atoms with Gasteiger partial charge in [0.05, 0.1) is 23.4 Å². The number of carbonyl (C=O) groups is 1. The van der Waals surface area contributed by atoms with E-state index < -0.39 is 34.9 Å². The van der Waals surface area contributed by atoms with E-state index in [9.17, 15) is 22.5 Å². The number of nitriles is 1. The molecule has 2 unspecified atom stereocenters. The fraction of sp³-hybridized carbons (Fsp3) is 0.250. The van der Waals surface area contributed by atoms with E-state index in [1.54, 1.807) is 13.0 Å². The summed E-state index contributed by atoms with van der Waals surface area (Å²) in [5, 5.41) is 15.5. The fourth-order valence-electron chi connectivity index (χ4n) is 2.77. The van der Waals surface area contributed by atoms with Gasteiger partial charge in [-0.25, -0.2) is 9.97 Å². The van der Waals surface area contributed by atoms with Crippen molar-refractivity contribution in [3.05, 3.63) is 65.4 Å². The number of pyridine rings is 1. The molecule has 1 aromatic carbocycles. The number of nitrogens with one attached hydrogen (secondary N) is 1. The van der Waals surface area contributed by atoms with Crippen LogP contribution in [0.2, 0.25) is 0 Å². The molecule has 0 fully saturated rings. The zero-order chi connectivity index (χ0) is 24.2. The maximum atomic E-state index is 13.3. The van der Waals surface area contributed by atoms with E-state index in [1.165, 1.54) is 29.5 Å². The summed E-state index contributed by atoms with van der Waals surface area (Å²) in [5.74, 6) is -0.754. The van der Waals surface area contributed by atoms with E-state index in [-0.39, 0.29) is 23.1 Å². The van der Waals surface area contributed by atoms with Crippen LogP contribution in [0, 0.1) is 11.3 Å². The van der Waals surface area contributed by atoms with E-state index in [2.05, 4.69) is 20.4 Å². The molecule has 0 bridgehead atoms. The van der Waals surface area contributed by atoms with Crippen LogP contribution in [-0.2, 0) is 17.4 Å². The summed E-state index contributed by atoms with van der Waals surface area (Å²) in [6, 6.07) is 6.82. The molecule has 2 aromatic heterocycles. The second-order valence-corrected chi connectivity index (χ2v) is 8.20. The highest BCUT2D eigenvalue weighted by atomic mass is 32.2. The number of aromatic nitrogens is 4. The Labute approximate surface area is 189 Å². The molecule has 0 aliphatic heterocycles. The van der Waals surface area contributed by atoms with Crippen LogP contribution in [0.1, 0.15) is 40.3 Å². The van der Waals surface area contributed by atoms with Gasteiger partial charge in [-0.05, 0) is 48.4 Å². The number of benzene rings is 1. The summed E-state index contributed by atoms with van der Waals surface area (Å²) in [4.78, 5) is 21.0. The second kappa shape index (κ2) is 9.88. The van der Waals surface area contributed by atoms with Crippen molar-refractivity contribution in [2.75, 3.05) is 12.2 Å². The van der Waals surface area contributed by atoms with E-state index >= 15 is 0 Å². The summed E-state index contributed by atoms with van der Waals surface area (Å²) >= 11 is -1.41. The van der Waals surface area contributed by atoms with Crippen molar-refractivity contribution in [3.63, 3.8) is 0 Å². The lowest BCUT2D eigenvalue weighted by atomic mass is 10.1. The molecule has 2 heterocycles. The Morgan fingerprint density at radius 3 is 2.70 bits per heavy atom. The molecule has 0 saturated carbocycles. The molecule has 0 radical (unpaired) electrons. The number of rotatable bonds is 7. The van der Waals surface area contributed by atoms with Crippen molar-refractivity contribution in [3.8, 4) is 17.6 Å². The standard InChI is InChI=1S/C20H17F3N6O3S/c1-12(18-26-10-27-29(18)17-4-3-13(8-24)9-25-17)28-19(30)14-5-15(20(21,22)23)7-16(6-14)32-11-33(2)31/h3-7,9-10,12H,11H2,1-2H3,(H,28,30). The van der Waals surface area contributed by atoms with Crippen molar-refractivity contribution in [1.82, 2.24) is 25.1 Å². The number of hydrogen-bond donors (Lipinski definition) is 1. The molecule has 0 spiro atoms. The molecule has 0 saturated heterocycles. The van der Waals surface area contributed by atoms with E-state index in [4.69, 9.17) is 10.00 Å². The van der Waals surface area contributed by atoms with Crippen LogP contribution in [0.5, 0.6) is 5.75 Å². The van der Waals surface area contributed by atoms with Crippen LogP contribution in [0.15, 0.2) is 42.9 Å². The molecule has 1 amide bonds. The first-order valence-electron chi connectivity index (χ1n) is 9.31. The Morgan fingerprint density at radius 2 is 2.09 bits per heavy atom. The Kier molecular flexibility index (Phi) is 7.19. The molecule has 2 atom stereocenters. The number of alkyl halides is 3. The van der Waals surface area contributed by atoms with Gasteiger partial charge >= 0.3 is 6.18 Å². The number of amides is 1. The molecule has 0 aliphatic rings. The third kappa shape index (κ3) is 5.99. The van der Waals surface area contributed by atoms with Gasteiger partial charge in [-0.2, -0.15) is 28.2 Å². The third-order valence-corrected chi connectivity index (χ3v) is 4.74. The summed E-state index contributed by atoms with van der Waals surface area (Å²) in [7, 11) is 0. The topological polar surface area (TPSA) is 129 Å². The Morgan fingerprint density at radius 1 is 1.33 bits per heavy atom. The normalized spacial score (nSPS) is 13.1. The predicted molar refractivity (Wildman–Crippen MR) is 111 cm³/mol. The van der Waals surface area contributed by atoms with E-state index in [1.807, 2.05) is 6.07 Å². The number of carbonyl (C=O) groups excluding carboxylic acids is 1. The number of nitrogens with zero attached hydrogens (tertiary/aromatic N) is 5. The van der Waals surface area contributed by atoms with Crippen molar-refractivity contribution >= 4 is 17.1 Å². The van der Waals surface area contributed by atoms with Crippen LogP contribution >= 0.6 is 0 Å². The van der Waals surface area contributed by atoms with Gasteiger partial charge in [0.15, 0.2) is 11.6 Å². The van der Waals surface area contributed by atoms with Crippen molar-refractivity contribution in [2.24, 2.45) is 0 Å². The van der Waals surface area contributed by atoms with E-state index in [0.29, 0.717) is 17.4 Å². The van der Waals surface area contributed by atoms with Gasteiger partial charge in [-0.15, -0.1) is 0 Å². The number of halogens is 3. The highest BCUT2D eigenvalue weighted by Crippen LogP contribution is 2.33. The van der Waals surface area contributed by atoms with E-state index in [0.717, 1.165) is 12.1 Å². The minimum Gasteiger partial charge on any atom is -0.614 e. The lowest BCUT2D eigenvalue weighted by molar-refractivity contribution is -0.137. The Hall–Kier alpha value is -3.63. The first kappa shape index (κ1) is 24.0. The second-order valence-electron chi connectivity index (χ2n) is 6.82. The maximum absolute atomic E-state index is 13.3. The Bertz CT molecular complexity index is 1180. The molecule has 13 heteroatoms. The molecule has 1 N–H and O–H groups in total. The molecule has 3 aromatic rings. The highest BCUT2D eigenvalue weighted by molar-refractivity contribution is 7.90. The van der Waals surface area contributed by atoms with Crippen LogP contribution in [0.3, 0.4) is 0 Å². The molecule has 3 rings (SSSR count). The van der Waals surface area contributed by atoms with Crippen LogP contribution < -0.4 is 10.1 Å². The van der Waals surface area contributed by atoms with Gasteiger partial charge in [0.25, 0.3) is 5.91 Å². The average Bonchev–Trinajstić information content (AvgIpc) is 3.27. The molecule has 33 heavy (non-hydrogen) atoms. The average molecular weight is 478 g/mol. The summed E-state index contributed by atoms with van der Waals surface area (Å²) in [6.07, 6.45) is -0.801. The van der Waals surface area contributed by atoms with Gasteiger partial charge in [-0.3, -0.25) is 4.79 Å². The third-order valence-electron chi connectivity index (χ3n) is 4.29. The lowest BCUT2D eigenvalue weighted by Crippen LogP contribution is -2.29. The van der Waals surface area contributed by atoms with Crippen LogP contribution in [-0.4, -0.2) is 42.4 Å². The summed E-state index contributed by atoms with van der Waals surface area (Å²) in [6.45, 7) is 1.58. The zero-order valence-corrected chi connectivity index (χ0v) is 18.1. The molecule has 172 valence electrons. The van der Waals surface area contributed by atoms with Gasteiger partial charge in [-0.1, -0.05) is 0 Å². The highest BCUT2D eigenvalue weighted by Gasteiger charge is 2.32. The molecule has 0 aliphatic carbocycles. The Balaban J connectivity index is 1.84. The fourth-order valence-corrected chi connectivity index (χ4v) is 3.07. The molecular formula is C20H17F3N6O3S. The van der Waals surface area contributed by atoms with Gasteiger partial charge in [0, 0.05) is 11.8 Å². The maximum Gasteiger partial charge on any atom is 0.416 e. The lowest BCUT2D eigenvalue weighted by Gasteiger charge is -2.16. The number of ether oxygens (including phenoxy) is 1. The first-order chi connectivity index (χ1) is 15.6. The molecule has 9 nitrogen and oxygen atoms in total. The van der Waals surface area contributed by atoms with Crippen molar-refractivity contribution in [1.29, 1.82) is 5.26 Å². The largest absolute Gasteiger partial charge is 0.614 e. The SMILES string of the molecule is CC(NC(=O)c1cc(OC[S+](C)[O-])cc(C(F)(F)F)c1)c1ncnn1-c1ccc(C#N)cn1. The minimum atomic E-state index is -4.72. The van der Waals surface area contributed by atoms with Gasteiger partial charge in [0.1, 0.15) is 18.1 Å². The van der Waals surface area contributed by atoms with Crippen molar-refractivity contribution < 1.29 is 27.3 Å². The van der Waals surface area contributed by atoms with Crippen molar-refractivity contribution in [2.45, 2.75) is 19.1 Å². The quantitative estimate of drug-likeness (QED) is 0.517. The first-order valence-corrected chi connectivity index (χ1v) is 11.0. The van der Waals surface area contributed by atoms with Crippen LogP contribution in [0.4, 0.5) is 13.2 Å². The minimum absolute atomic E-state index is 0.234. The number of hydrogen-bond acceptors (Lipinski definition) is 7. The monoisotopic (exact) mass is 478 g/mol. The predicted octanol–water partition coefficient (Wildman–Crippen LogP) is 2.76. The summed E-state index contributed by atoms with van der Waals surface area (Å²) < 4.78 is 57.6. The zero-order valence-electron chi connectivity index (χ0n) is 17.3. The molecular weight excluding hydrogens is 461 g/mol. The smallest absolute Gasteiger partial charge is 0.416 e. The van der Waals surface area contributed by atoms with Gasteiger partial charge in [0.2, 0.25) is 5.94 Å². The van der Waals surface area contributed by atoms with Crippen LogP contribution in [0.25, 0.3) is 5.82 Å². The van der Waals surface area contributed by atoms with Gasteiger partial charge < -0.3 is 14.6 Å².